The maximum atomic E-state index is 11.2. The van der Waals surface area contributed by atoms with Crippen molar-refractivity contribution in [1.29, 1.82) is 0 Å². The van der Waals surface area contributed by atoms with E-state index in [-0.39, 0.29) is 5.97 Å². The SMILES string of the molecule is CCc1cc(C(=O)OC)c(C)nn1. The van der Waals surface area contributed by atoms with Crippen molar-refractivity contribution in [3.63, 3.8) is 0 Å². The molecule has 1 rings (SSSR count). The fraction of sp³-hybridized carbons (Fsp3) is 0.444. The predicted molar refractivity (Wildman–Crippen MR) is 47.5 cm³/mol. The summed E-state index contributed by atoms with van der Waals surface area (Å²) < 4.78 is 4.61. The molecular formula is C9H12N2O2. The van der Waals surface area contributed by atoms with E-state index in [9.17, 15) is 4.79 Å². The van der Waals surface area contributed by atoms with Crippen molar-refractivity contribution in [1.82, 2.24) is 10.2 Å². The molecule has 0 aliphatic heterocycles. The van der Waals surface area contributed by atoms with Crippen LogP contribution in [0.15, 0.2) is 6.07 Å². The first-order valence-electron chi connectivity index (χ1n) is 4.10. The molecule has 0 fully saturated rings. The van der Waals surface area contributed by atoms with Crippen molar-refractivity contribution >= 4 is 5.97 Å². The number of aryl methyl sites for hydroxylation is 2. The van der Waals surface area contributed by atoms with E-state index in [2.05, 4.69) is 14.9 Å². The molecule has 0 saturated carbocycles. The van der Waals surface area contributed by atoms with Gasteiger partial charge in [-0.15, -0.1) is 0 Å². The Morgan fingerprint density at radius 1 is 1.54 bits per heavy atom. The molecule has 0 aliphatic rings. The van der Waals surface area contributed by atoms with Crippen molar-refractivity contribution in [2.45, 2.75) is 20.3 Å². The number of ether oxygens (including phenoxy) is 1. The van der Waals surface area contributed by atoms with Gasteiger partial charge in [-0.1, -0.05) is 6.92 Å². The number of hydrogen-bond acceptors (Lipinski definition) is 4. The largest absolute Gasteiger partial charge is 0.465 e. The average Bonchev–Trinajstić information content (AvgIpc) is 2.17. The first kappa shape index (κ1) is 9.64. The van der Waals surface area contributed by atoms with Crippen molar-refractivity contribution in [3.8, 4) is 0 Å². The van der Waals surface area contributed by atoms with Crippen molar-refractivity contribution in [2.75, 3.05) is 7.11 Å². The summed E-state index contributed by atoms with van der Waals surface area (Å²) in [6.45, 7) is 3.69. The molecule has 4 nitrogen and oxygen atoms in total. The van der Waals surface area contributed by atoms with Gasteiger partial charge in [0.05, 0.1) is 24.1 Å². The molecule has 1 aromatic heterocycles. The smallest absolute Gasteiger partial charge is 0.339 e. The molecule has 70 valence electrons. The third-order valence-electron chi connectivity index (χ3n) is 1.80. The molecule has 0 spiro atoms. The Bertz CT molecular complexity index is 323. The molecule has 1 aromatic rings. The third-order valence-corrected chi connectivity index (χ3v) is 1.80. The Labute approximate surface area is 76.9 Å². The molecule has 0 aromatic carbocycles. The standard InChI is InChI=1S/C9H12N2O2/c1-4-7-5-8(9(12)13-3)6(2)10-11-7/h5H,4H2,1-3H3. The monoisotopic (exact) mass is 180 g/mol. The van der Waals surface area contributed by atoms with Gasteiger partial charge in [-0.3, -0.25) is 0 Å². The van der Waals surface area contributed by atoms with Crippen LogP contribution in [0.25, 0.3) is 0 Å². The molecule has 13 heavy (non-hydrogen) atoms. The zero-order chi connectivity index (χ0) is 9.84. The van der Waals surface area contributed by atoms with E-state index in [1.807, 2.05) is 6.92 Å². The lowest BCUT2D eigenvalue weighted by Crippen LogP contribution is -2.07. The van der Waals surface area contributed by atoms with Gasteiger partial charge in [-0.25, -0.2) is 4.79 Å². The first-order valence-corrected chi connectivity index (χ1v) is 4.10. The quantitative estimate of drug-likeness (QED) is 0.640. The predicted octanol–water partition coefficient (Wildman–Crippen LogP) is 1.13. The lowest BCUT2D eigenvalue weighted by molar-refractivity contribution is 0.0599. The lowest BCUT2D eigenvalue weighted by atomic mass is 10.2. The molecule has 0 aliphatic carbocycles. The zero-order valence-corrected chi connectivity index (χ0v) is 8.00. The van der Waals surface area contributed by atoms with E-state index < -0.39 is 0 Å². The molecule has 4 heteroatoms. The van der Waals surface area contributed by atoms with Crippen LogP contribution in [-0.4, -0.2) is 23.3 Å². The van der Waals surface area contributed by atoms with Gasteiger partial charge in [0, 0.05) is 0 Å². The van der Waals surface area contributed by atoms with E-state index in [1.54, 1.807) is 13.0 Å². The Balaban J connectivity index is 3.11. The van der Waals surface area contributed by atoms with Crippen molar-refractivity contribution < 1.29 is 9.53 Å². The number of esters is 1. The van der Waals surface area contributed by atoms with E-state index in [0.29, 0.717) is 11.3 Å². The maximum absolute atomic E-state index is 11.2. The zero-order valence-electron chi connectivity index (χ0n) is 8.00. The Morgan fingerprint density at radius 2 is 2.23 bits per heavy atom. The van der Waals surface area contributed by atoms with Crippen LogP contribution in [0.4, 0.5) is 0 Å². The van der Waals surface area contributed by atoms with Gasteiger partial charge < -0.3 is 4.74 Å². The Morgan fingerprint density at radius 3 is 2.77 bits per heavy atom. The molecule has 0 N–H and O–H groups in total. The van der Waals surface area contributed by atoms with Crippen LogP contribution in [0.1, 0.15) is 28.7 Å². The van der Waals surface area contributed by atoms with Gasteiger partial charge in [0.2, 0.25) is 0 Å². The highest BCUT2D eigenvalue weighted by Crippen LogP contribution is 2.07. The third kappa shape index (κ3) is 2.02. The second kappa shape index (κ2) is 3.98. The summed E-state index contributed by atoms with van der Waals surface area (Å²) in [5.74, 6) is -0.359. The van der Waals surface area contributed by atoms with E-state index in [4.69, 9.17) is 0 Å². The van der Waals surface area contributed by atoms with Crippen LogP contribution in [0, 0.1) is 6.92 Å². The van der Waals surface area contributed by atoms with E-state index in [1.165, 1.54) is 7.11 Å². The minimum atomic E-state index is -0.359. The topological polar surface area (TPSA) is 52.1 Å². The average molecular weight is 180 g/mol. The Kier molecular flexibility index (Phi) is 2.95. The van der Waals surface area contributed by atoms with Crippen LogP contribution < -0.4 is 0 Å². The number of methoxy groups -OCH3 is 1. The van der Waals surface area contributed by atoms with Gasteiger partial charge >= 0.3 is 5.97 Å². The molecule has 0 saturated heterocycles. The molecular weight excluding hydrogens is 168 g/mol. The van der Waals surface area contributed by atoms with Gasteiger partial charge in [0.15, 0.2) is 0 Å². The number of carbonyl (C=O) groups excluding carboxylic acids is 1. The van der Waals surface area contributed by atoms with Gasteiger partial charge in [-0.05, 0) is 19.4 Å². The fourth-order valence-electron chi connectivity index (χ4n) is 0.982. The molecule has 1 heterocycles. The van der Waals surface area contributed by atoms with Crippen LogP contribution in [0.2, 0.25) is 0 Å². The van der Waals surface area contributed by atoms with Crippen LogP contribution in [0.5, 0.6) is 0 Å². The summed E-state index contributed by atoms with van der Waals surface area (Å²) in [7, 11) is 1.35. The second-order valence-electron chi connectivity index (χ2n) is 2.68. The summed E-state index contributed by atoms with van der Waals surface area (Å²) in [6, 6.07) is 1.72. The highest BCUT2D eigenvalue weighted by molar-refractivity contribution is 5.90. The summed E-state index contributed by atoms with van der Waals surface area (Å²) in [6.07, 6.45) is 0.761. The highest BCUT2D eigenvalue weighted by Gasteiger charge is 2.11. The lowest BCUT2D eigenvalue weighted by Gasteiger charge is -2.03. The van der Waals surface area contributed by atoms with E-state index >= 15 is 0 Å². The number of aromatic nitrogens is 2. The minimum Gasteiger partial charge on any atom is -0.465 e. The summed E-state index contributed by atoms with van der Waals surface area (Å²) in [5, 5.41) is 7.78. The highest BCUT2D eigenvalue weighted by atomic mass is 16.5. The molecule has 0 unspecified atom stereocenters. The molecule has 0 atom stereocenters. The minimum absolute atomic E-state index is 0.359. The van der Waals surface area contributed by atoms with Gasteiger partial charge in [0.25, 0.3) is 0 Å². The fourth-order valence-corrected chi connectivity index (χ4v) is 0.982. The molecule has 0 bridgehead atoms. The first-order chi connectivity index (χ1) is 6.19. The van der Waals surface area contributed by atoms with Gasteiger partial charge in [0.1, 0.15) is 0 Å². The molecule has 0 amide bonds. The van der Waals surface area contributed by atoms with Crippen molar-refractivity contribution in [2.24, 2.45) is 0 Å². The van der Waals surface area contributed by atoms with Crippen LogP contribution in [0.3, 0.4) is 0 Å². The van der Waals surface area contributed by atoms with E-state index in [0.717, 1.165) is 12.1 Å². The normalized spacial score (nSPS) is 9.77. The Hall–Kier alpha value is -1.45. The van der Waals surface area contributed by atoms with Crippen LogP contribution >= 0.6 is 0 Å². The summed E-state index contributed by atoms with van der Waals surface area (Å²) in [5.41, 5.74) is 1.89. The number of rotatable bonds is 2. The molecule has 0 radical (unpaired) electrons. The number of carbonyl (C=O) groups is 1. The van der Waals surface area contributed by atoms with Crippen LogP contribution in [-0.2, 0) is 11.2 Å². The second-order valence-corrected chi connectivity index (χ2v) is 2.68. The van der Waals surface area contributed by atoms with Crippen molar-refractivity contribution in [3.05, 3.63) is 23.0 Å². The maximum Gasteiger partial charge on any atom is 0.339 e. The van der Waals surface area contributed by atoms with Gasteiger partial charge in [-0.2, -0.15) is 10.2 Å². The summed E-state index contributed by atoms with van der Waals surface area (Å²) in [4.78, 5) is 11.2. The number of hydrogen-bond donors (Lipinski definition) is 0. The number of nitrogens with zero attached hydrogens (tertiary/aromatic N) is 2. The summed E-state index contributed by atoms with van der Waals surface area (Å²) >= 11 is 0.